The number of hydrogen-bond donors (Lipinski definition) is 2. The van der Waals surface area contributed by atoms with Gasteiger partial charge in [-0.05, 0) is 19.9 Å². The van der Waals surface area contributed by atoms with Gasteiger partial charge in [-0.15, -0.1) is 5.10 Å². The second kappa shape index (κ2) is 7.41. The number of esters is 1. The molecular formula is C19H20N4O4. The maximum Gasteiger partial charge on any atom is 0.311 e. The molecule has 3 rings (SSSR count). The van der Waals surface area contributed by atoms with Crippen molar-refractivity contribution in [1.82, 2.24) is 10.2 Å². The number of methoxy groups -OCH3 is 1. The van der Waals surface area contributed by atoms with E-state index in [0.29, 0.717) is 17.0 Å². The smallest absolute Gasteiger partial charge is 0.311 e. The normalized spacial score (nSPS) is 15.7. The molecule has 1 unspecified atom stereocenters. The predicted octanol–water partition coefficient (Wildman–Crippen LogP) is 2.13. The summed E-state index contributed by atoms with van der Waals surface area (Å²) in [7, 11) is 1.31. The van der Waals surface area contributed by atoms with Crippen LogP contribution in [0.5, 0.6) is 11.6 Å². The first kappa shape index (κ1) is 18.3. The van der Waals surface area contributed by atoms with E-state index in [4.69, 9.17) is 19.9 Å². The summed E-state index contributed by atoms with van der Waals surface area (Å²) in [5, 5.41) is 16.6. The first-order valence-electron chi connectivity index (χ1n) is 8.43. The van der Waals surface area contributed by atoms with Crippen LogP contribution in [0.4, 0.5) is 0 Å². The average Bonchev–Trinajstić information content (AvgIpc) is 3.02. The molecule has 2 aromatic rings. The molecule has 0 saturated heterocycles. The minimum absolute atomic E-state index is 0.0227. The Labute approximate surface area is 156 Å². The Morgan fingerprint density at radius 2 is 2.19 bits per heavy atom. The maximum atomic E-state index is 11.8. The van der Waals surface area contributed by atoms with Gasteiger partial charge in [-0.3, -0.25) is 9.89 Å². The Bertz CT molecular complexity index is 939. The molecule has 1 aromatic heterocycles. The zero-order valence-electron chi connectivity index (χ0n) is 15.3. The minimum Gasteiger partial charge on any atom is -0.491 e. The van der Waals surface area contributed by atoms with Gasteiger partial charge in [0.2, 0.25) is 11.8 Å². The molecule has 8 nitrogen and oxygen atoms in total. The van der Waals surface area contributed by atoms with Crippen LogP contribution >= 0.6 is 0 Å². The van der Waals surface area contributed by atoms with Gasteiger partial charge in [-0.1, -0.05) is 18.2 Å². The van der Waals surface area contributed by atoms with Crippen molar-refractivity contribution in [2.75, 3.05) is 7.11 Å². The molecule has 2 heterocycles. The van der Waals surface area contributed by atoms with E-state index < -0.39 is 11.9 Å². The highest BCUT2D eigenvalue weighted by Crippen LogP contribution is 2.45. The number of carbonyl (C=O) groups is 1. The molecule has 0 bridgehead atoms. The Kier molecular flexibility index (Phi) is 5.03. The number of nitrogens with zero attached hydrogens (tertiary/aromatic N) is 2. The number of H-pyrrole nitrogens is 1. The van der Waals surface area contributed by atoms with Gasteiger partial charge in [-0.2, -0.15) is 5.26 Å². The summed E-state index contributed by atoms with van der Waals surface area (Å²) in [6, 6.07) is 9.51. The lowest BCUT2D eigenvalue weighted by Gasteiger charge is -2.26. The van der Waals surface area contributed by atoms with Gasteiger partial charge in [0.05, 0.1) is 36.8 Å². The molecule has 0 saturated carbocycles. The molecule has 3 N–H and O–H groups in total. The summed E-state index contributed by atoms with van der Waals surface area (Å²) in [4.78, 5) is 11.8. The maximum absolute atomic E-state index is 11.8. The number of ether oxygens (including phenoxy) is 3. The number of aromatic amines is 1. The van der Waals surface area contributed by atoms with E-state index in [1.807, 2.05) is 38.1 Å². The summed E-state index contributed by atoms with van der Waals surface area (Å²) in [6.45, 7) is 3.84. The Hall–Kier alpha value is -3.47. The third-order valence-corrected chi connectivity index (χ3v) is 4.16. The molecule has 1 aromatic carbocycles. The fraction of sp³-hybridized carbons (Fsp3) is 0.316. The van der Waals surface area contributed by atoms with E-state index in [1.54, 1.807) is 0 Å². The number of nitrogens with two attached hydrogens (primary N) is 1. The molecule has 8 heteroatoms. The van der Waals surface area contributed by atoms with Crippen LogP contribution in [0, 0.1) is 11.3 Å². The monoisotopic (exact) mass is 368 g/mol. The molecule has 1 aliphatic rings. The van der Waals surface area contributed by atoms with Gasteiger partial charge in [0.25, 0.3) is 0 Å². The SMILES string of the molecule is COC(=O)Cc1[nH]nc2c1C(c1ccccc1OC(C)C)C(C#N)=C(N)O2. The third-order valence-electron chi connectivity index (χ3n) is 4.16. The quantitative estimate of drug-likeness (QED) is 0.775. The van der Waals surface area contributed by atoms with Crippen molar-refractivity contribution in [1.29, 1.82) is 5.26 Å². The molecule has 27 heavy (non-hydrogen) atoms. The van der Waals surface area contributed by atoms with Gasteiger partial charge in [-0.25, -0.2) is 0 Å². The number of nitriles is 1. The lowest BCUT2D eigenvalue weighted by molar-refractivity contribution is -0.139. The van der Waals surface area contributed by atoms with E-state index in [0.717, 1.165) is 5.56 Å². The van der Waals surface area contributed by atoms with Crippen molar-refractivity contribution in [2.45, 2.75) is 32.3 Å². The van der Waals surface area contributed by atoms with E-state index >= 15 is 0 Å². The predicted molar refractivity (Wildman–Crippen MR) is 95.8 cm³/mol. The topological polar surface area (TPSA) is 123 Å². The molecule has 0 fully saturated rings. The number of carbonyl (C=O) groups excluding carboxylic acids is 1. The van der Waals surface area contributed by atoms with Crippen molar-refractivity contribution in [3.8, 4) is 17.7 Å². The lowest BCUT2D eigenvalue weighted by atomic mass is 9.83. The van der Waals surface area contributed by atoms with Gasteiger partial charge < -0.3 is 19.9 Å². The largest absolute Gasteiger partial charge is 0.491 e. The van der Waals surface area contributed by atoms with Gasteiger partial charge in [0.1, 0.15) is 17.4 Å². The van der Waals surface area contributed by atoms with Crippen molar-refractivity contribution in [3.05, 3.63) is 52.5 Å². The van der Waals surface area contributed by atoms with Crippen LogP contribution in [-0.4, -0.2) is 29.4 Å². The highest BCUT2D eigenvalue weighted by molar-refractivity contribution is 5.73. The minimum atomic E-state index is -0.577. The summed E-state index contributed by atoms with van der Waals surface area (Å²) in [5.74, 6) is -0.184. The van der Waals surface area contributed by atoms with Crippen LogP contribution in [-0.2, 0) is 16.0 Å². The Morgan fingerprint density at radius 1 is 1.44 bits per heavy atom. The van der Waals surface area contributed by atoms with Crippen molar-refractivity contribution >= 4 is 5.97 Å². The number of fused-ring (bicyclic) bond motifs is 1. The summed E-state index contributed by atoms with van der Waals surface area (Å²) >= 11 is 0. The Balaban J connectivity index is 2.19. The number of benzene rings is 1. The molecular weight excluding hydrogens is 348 g/mol. The van der Waals surface area contributed by atoms with Crippen LogP contribution in [0.3, 0.4) is 0 Å². The molecule has 1 aliphatic heterocycles. The number of rotatable bonds is 5. The zero-order valence-corrected chi connectivity index (χ0v) is 15.3. The van der Waals surface area contributed by atoms with Gasteiger partial charge in [0.15, 0.2) is 0 Å². The van der Waals surface area contributed by atoms with Crippen LogP contribution in [0.25, 0.3) is 0 Å². The van der Waals surface area contributed by atoms with E-state index in [9.17, 15) is 10.1 Å². The Morgan fingerprint density at radius 3 is 2.85 bits per heavy atom. The number of aromatic nitrogens is 2. The number of nitrogens with one attached hydrogen (secondary N) is 1. The second-order valence-corrected chi connectivity index (χ2v) is 6.30. The summed E-state index contributed by atoms with van der Waals surface area (Å²) in [5.41, 5.74) is 8.01. The number of hydrogen-bond acceptors (Lipinski definition) is 7. The zero-order chi connectivity index (χ0) is 19.6. The lowest BCUT2D eigenvalue weighted by Crippen LogP contribution is -2.22. The van der Waals surface area contributed by atoms with Crippen LogP contribution < -0.4 is 15.2 Å². The summed E-state index contributed by atoms with van der Waals surface area (Å²) in [6.07, 6.45) is -0.0963. The van der Waals surface area contributed by atoms with Crippen LogP contribution in [0.1, 0.15) is 36.6 Å². The third kappa shape index (κ3) is 3.44. The molecule has 140 valence electrons. The summed E-state index contributed by atoms with van der Waals surface area (Å²) < 4.78 is 16.2. The van der Waals surface area contributed by atoms with E-state index in [-0.39, 0.29) is 29.9 Å². The first-order chi connectivity index (χ1) is 13.0. The van der Waals surface area contributed by atoms with Gasteiger partial charge >= 0.3 is 5.97 Å². The molecule has 0 spiro atoms. The molecule has 1 atom stereocenters. The second-order valence-electron chi connectivity index (χ2n) is 6.30. The van der Waals surface area contributed by atoms with Gasteiger partial charge in [0, 0.05) is 5.56 Å². The first-order valence-corrected chi connectivity index (χ1v) is 8.43. The van der Waals surface area contributed by atoms with Crippen molar-refractivity contribution in [2.24, 2.45) is 5.73 Å². The van der Waals surface area contributed by atoms with Crippen LogP contribution in [0.2, 0.25) is 0 Å². The molecule has 0 amide bonds. The van der Waals surface area contributed by atoms with Crippen LogP contribution in [0.15, 0.2) is 35.7 Å². The highest BCUT2D eigenvalue weighted by atomic mass is 16.5. The highest BCUT2D eigenvalue weighted by Gasteiger charge is 2.37. The van der Waals surface area contributed by atoms with E-state index in [2.05, 4.69) is 16.3 Å². The molecule has 0 radical (unpaired) electrons. The number of para-hydroxylation sites is 1. The fourth-order valence-electron chi connectivity index (χ4n) is 3.05. The fourth-order valence-corrected chi connectivity index (χ4v) is 3.05. The molecule has 0 aliphatic carbocycles. The standard InChI is InChI=1S/C19H20N4O4/c1-10(2)26-14-7-5-4-6-11(14)16-12(9-20)18(21)27-19-17(16)13(22-23-19)8-15(24)25-3/h4-7,10,16H,8,21H2,1-3H3,(H,22,23). The average molecular weight is 368 g/mol. The number of allylic oxidation sites excluding steroid dienone is 1. The van der Waals surface area contributed by atoms with Crippen molar-refractivity contribution < 1.29 is 19.0 Å². The van der Waals surface area contributed by atoms with Crippen molar-refractivity contribution in [3.63, 3.8) is 0 Å². The van der Waals surface area contributed by atoms with E-state index in [1.165, 1.54) is 7.11 Å².